The molecule has 0 aliphatic rings. The van der Waals surface area contributed by atoms with Gasteiger partial charge in [-0.2, -0.15) is 9.83 Å². The van der Waals surface area contributed by atoms with Gasteiger partial charge in [0.25, 0.3) is 0 Å². The third-order valence-electron chi connectivity index (χ3n) is 3.40. The number of rotatable bonds is 2. The van der Waals surface area contributed by atoms with Gasteiger partial charge in [-0.1, -0.05) is 30.3 Å². The van der Waals surface area contributed by atoms with E-state index in [9.17, 15) is 5.26 Å². The molecular formula is C17H14N3+. The van der Waals surface area contributed by atoms with Crippen molar-refractivity contribution in [2.24, 2.45) is 0 Å². The fourth-order valence-corrected chi connectivity index (χ4v) is 2.41. The Morgan fingerprint density at radius 3 is 2.55 bits per heavy atom. The van der Waals surface area contributed by atoms with Crippen LogP contribution >= 0.6 is 0 Å². The van der Waals surface area contributed by atoms with Crippen molar-refractivity contribution in [3.8, 4) is 6.07 Å². The Morgan fingerprint density at radius 2 is 1.80 bits per heavy atom. The number of pyridine rings is 1. The van der Waals surface area contributed by atoms with E-state index in [4.69, 9.17) is 5.73 Å². The van der Waals surface area contributed by atoms with Crippen molar-refractivity contribution in [1.82, 2.24) is 0 Å². The summed E-state index contributed by atoms with van der Waals surface area (Å²) in [6.07, 6.45) is 2.02. The first kappa shape index (κ1) is 12.2. The highest BCUT2D eigenvalue weighted by Crippen LogP contribution is 2.21. The minimum atomic E-state index is 0.525. The summed E-state index contributed by atoms with van der Waals surface area (Å²) in [4.78, 5) is 0. The van der Waals surface area contributed by atoms with Gasteiger partial charge in [0.15, 0.2) is 12.7 Å². The Kier molecular flexibility index (Phi) is 3.06. The van der Waals surface area contributed by atoms with E-state index in [1.165, 1.54) is 5.56 Å². The molecule has 0 atom stereocenters. The fraction of sp³-hybridized carbons (Fsp3) is 0.0588. The molecule has 0 aliphatic heterocycles. The molecule has 2 N–H and O–H groups in total. The minimum Gasteiger partial charge on any atom is -0.398 e. The molecule has 0 fully saturated rings. The van der Waals surface area contributed by atoms with E-state index in [0.29, 0.717) is 11.3 Å². The highest BCUT2D eigenvalue weighted by Gasteiger charge is 2.13. The molecule has 3 nitrogen and oxygen atoms in total. The maximum atomic E-state index is 9.26. The van der Waals surface area contributed by atoms with E-state index in [2.05, 4.69) is 22.8 Å². The van der Waals surface area contributed by atoms with Crippen molar-refractivity contribution < 1.29 is 4.57 Å². The monoisotopic (exact) mass is 260 g/mol. The van der Waals surface area contributed by atoms with E-state index in [-0.39, 0.29) is 0 Å². The van der Waals surface area contributed by atoms with Crippen LogP contribution in [0.25, 0.3) is 10.9 Å². The topological polar surface area (TPSA) is 53.7 Å². The number of benzene rings is 2. The van der Waals surface area contributed by atoms with Crippen LogP contribution in [0.3, 0.4) is 0 Å². The van der Waals surface area contributed by atoms with Gasteiger partial charge < -0.3 is 5.73 Å². The zero-order valence-corrected chi connectivity index (χ0v) is 11.0. The second kappa shape index (κ2) is 5.02. The maximum absolute atomic E-state index is 9.26. The summed E-state index contributed by atoms with van der Waals surface area (Å²) in [6.45, 7) is 0.771. The first-order valence-corrected chi connectivity index (χ1v) is 6.44. The second-order valence-electron chi connectivity index (χ2n) is 4.70. The lowest BCUT2D eigenvalue weighted by Crippen LogP contribution is -2.34. The molecule has 0 bridgehead atoms. The Hall–Kier alpha value is -2.86. The third kappa shape index (κ3) is 2.08. The van der Waals surface area contributed by atoms with Crippen LogP contribution in [0, 0.1) is 11.3 Å². The number of fused-ring (bicyclic) bond motifs is 1. The van der Waals surface area contributed by atoms with Gasteiger partial charge in [0.05, 0.1) is 16.6 Å². The van der Waals surface area contributed by atoms with Gasteiger partial charge in [0.2, 0.25) is 5.52 Å². The van der Waals surface area contributed by atoms with Crippen molar-refractivity contribution in [2.75, 3.05) is 5.73 Å². The molecule has 1 aromatic heterocycles. The summed E-state index contributed by atoms with van der Waals surface area (Å²) < 4.78 is 2.13. The lowest BCUT2D eigenvalue weighted by Gasteiger charge is -2.04. The van der Waals surface area contributed by atoms with Crippen molar-refractivity contribution in [2.45, 2.75) is 6.54 Å². The van der Waals surface area contributed by atoms with Gasteiger partial charge in [-0.05, 0) is 12.1 Å². The number of anilines is 1. The van der Waals surface area contributed by atoms with Crippen LogP contribution < -0.4 is 10.3 Å². The Labute approximate surface area is 117 Å². The SMILES string of the molecule is N#Cc1c(N)ccc2c1ccc[n+]2Cc1ccccc1. The number of hydrogen-bond acceptors (Lipinski definition) is 2. The standard InChI is InChI=1S/C17H14N3/c18-11-15-14-7-4-10-20(17(14)9-8-16(15)19)12-13-5-2-1-3-6-13/h1-10H,12,19H2/q+1. The van der Waals surface area contributed by atoms with Crippen LogP contribution in [0.4, 0.5) is 5.69 Å². The zero-order valence-electron chi connectivity index (χ0n) is 11.0. The fourth-order valence-electron chi connectivity index (χ4n) is 2.41. The smallest absolute Gasteiger partial charge is 0.214 e. The lowest BCUT2D eigenvalue weighted by atomic mass is 10.1. The molecule has 0 saturated heterocycles. The van der Waals surface area contributed by atoms with Gasteiger partial charge in [0.1, 0.15) is 6.07 Å². The first-order chi connectivity index (χ1) is 9.79. The Morgan fingerprint density at radius 1 is 1.00 bits per heavy atom. The molecule has 1 heterocycles. The summed E-state index contributed by atoms with van der Waals surface area (Å²) in [5.41, 5.74) is 9.18. The summed E-state index contributed by atoms with van der Waals surface area (Å²) in [5.74, 6) is 0. The van der Waals surface area contributed by atoms with Crippen molar-refractivity contribution in [3.05, 3.63) is 71.9 Å². The predicted molar refractivity (Wildman–Crippen MR) is 78.8 cm³/mol. The highest BCUT2D eigenvalue weighted by atomic mass is 14.9. The van der Waals surface area contributed by atoms with Gasteiger partial charge in [-0.25, -0.2) is 0 Å². The van der Waals surface area contributed by atoms with E-state index in [0.717, 1.165) is 17.4 Å². The van der Waals surface area contributed by atoms with Crippen molar-refractivity contribution in [1.29, 1.82) is 5.26 Å². The second-order valence-corrected chi connectivity index (χ2v) is 4.70. The van der Waals surface area contributed by atoms with Crippen LogP contribution in [-0.2, 0) is 6.54 Å². The van der Waals surface area contributed by atoms with Gasteiger partial charge in [-0.15, -0.1) is 0 Å². The summed E-state index contributed by atoms with van der Waals surface area (Å²) in [5, 5.41) is 10.2. The molecule has 3 rings (SSSR count). The Bertz CT molecular complexity index is 802. The predicted octanol–water partition coefficient (Wildman–Crippen LogP) is 2.63. The minimum absolute atomic E-state index is 0.525. The van der Waals surface area contributed by atoms with Crippen LogP contribution in [0.1, 0.15) is 11.1 Å². The molecule has 0 saturated carbocycles. The van der Waals surface area contributed by atoms with E-state index < -0.39 is 0 Å². The molecule has 3 heteroatoms. The molecule has 0 unspecified atom stereocenters. The number of nitrogens with two attached hydrogens (primary N) is 1. The molecule has 3 aromatic rings. The van der Waals surface area contributed by atoms with Gasteiger partial charge in [-0.3, -0.25) is 0 Å². The van der Waals surface area contributed by atoms with Crippen LogP contribution in [-0.4, -0.2) is 0 Å². The summed E-state index contributed by atoms with van der Waals surface area (Å²) in [6, 6.07) is 20.1. The van der Waals surface area contributed by atoms with Crippen molar-refractivity contribution >= 4 is 16.6 Å². The average molecular weight is 260 g/mol. The molecule has 0 amide bonds. The maximum Gasteiger partial charge on any atom is 0.214 e. The Balaban J connectivity index is 2.16. The lowest BCUT2D eigenvalue weighted by molar-refractivity contribution is -0.662. The third-order valence-corrected chi connectivity index (χ3v) is 3.40. The van der Waals surface area contributed by atoms with E-state index >= 15 is 0 Å². The normalized spacial score (nSPS) is 10.3. The molecule has 0 spiro atoms. The van der Waals surface area contributed by atoms with Crippen LogP contribution in [0.15, 0.2) is 60.8 Å². The summed E-state index contributed by atoms with van der Waals surface area (Å²) >= 11 is 0. The van der Waals surface area contributed by atoms with E-state index in [1.54, 1.807) is 6.07 Å². The molecular weight excluding hydrogens is 246 g/mol. The largest absolute Gasteiger partial charge is 0.398 e. The van der Waals surface area contributed by atoms with Crippen LogP contribution in [0.5, 0.6) is 0 Å². The zero-order chi connectivity index (χ0) is 13.9. The molecule has 0 aliphatic carbocycles. The van der Waals surface area contributed by atoms with Crippen molar-refractivity contribution in [3.63, 3.8) is 0 Å². The first-order valence-electron chi connectivity index (χ1n) is 6.44. The molecule has 96 valence electrons. The van der Waals surface area contributed by atoms with Gasteiger partial charge >= 0.3 is 0 Å². The number of nitrogen functional groups attached to an aromatic ring is 1. The highest BCUT2D eigenvalue weighted by molar-refractivity contribution is 5.87. The molecule has 20 heavy (non-hydrogen) atoms. The molecule has 0 radical (unpaired) electrons. The quantitative estimate of drug-likeness (QED) is 0.569. The number of aromatic nitrogens is 1. The van der Waals surface area contributed by atoms with Gasteiger partial charge in [0, 0.05) is 17.7 Å². The van der Waals surface area contributed by atoms with Crippen LogP contribution in [0.2, 0.25) is 0 Å². The number of nitrogens with zero attached hydrogens (tertiary/aromatic N) is 2. The molecule has 2 aromatic carbocycles. The summed E-state index contributed by atoms with van der Waals surface area (Å²) in [7, 11) is 0. The van der Waals surface area contributed by atoms with E-state index in [1.807, 2.05) is 42.6 Å². The number of nitriles is 1. The average Bonchev–Trinajstić information content (AvgIpc) is 2.48. The number of hydrogen-bond donors (Lipinski definition) is 1.